The summed E-state index contributed by atoms with van der Waals surface area (Å²) in [7, 11) is 0. The molecule has 0 amide bonds. The van der Waals surface area contributed by atoms with Gasteiger partial charge in [0, 0.05) is 6.20 Å². The number of nitrogen functional groups attached to an aromatic ring is 1. The molecule has 0 aliphatic carbocycles. The van der Waals surface area contributed by atoms with Crippen molar-refractivity contribution in [2.24, 2.45) is 5.92 Å². The van der Waals surface area contributed by atoms with Gasteiger partial charge in [0.1, 0.15) is 18.0 Å². The number of aromatic nitrogens is 2. The van der Waals surface area contributed by atoms with Gasteiger partial charge in [-0.3, -0.25) is 9.36 Å². The summed E-state index contributed by atoms with van der Waals surface area (Å²) in [5.74, 6) is -5.00. The van der Waals surface area contributed by atoms with E-state index >= 15 is 0 Å². The van der Waals surface area contributed by atoms with Crippen LogP contribution in [0.5, 0.6) is 0 Å². The van der Waals surface area contributed by atoms with E-state index in [4.69, 9.17) is 15.2 Å². The summed E-state index contributed by atoms with van der Waals surface area (Å²) in [5.41, 5.74) is 4.28. The lowest BCUT2D eigenvalue weighted by atomic mass is 10.1. The van der Waals surface area contributed by atoms with Gasteiger partial charge < -0.3 is 20.3 Å². The highest BCUT2D eigenvalue weighted by Crippen LogP contribution is 2.43. The normalized spacial score (nSPS) is 27.2. The maximum atomic E-state index is 14.3. The summed E-state index contributed by atoms with van der Waals surface area (Å²) in [6.07, 6.45) is -5.98. The Balaban J connectivity index is 2.27. The Kier molecular flexibility index (Phi) is 4.90. The third-order valence-electron chi connectivity index (χ3n) is 3.66. The zero-order chi connectivity index (χ0) is 18.2. The third-order valence-corrected chi connectivity index (χ3v) is 3.66. The molecule has 1 aromatic rings. The number of nitrogens with two attached hydrogens (primary N) is 1. The molecule has 1 aromatic heterocycles. The highest BCUT2D eigenvalue weighted by atomic mass is 19.3. The molecule has 4 atom stereocenters. The van der Waals surface area contributed by atoms with Gasteiger partial charge in [-0.1, -0.05) is 13.8 Å². The van der Waals surface area contributed by atoms with Gasteiger partial charge in [-0.25, -0.2) is 4.79 Å². The van der Waals surface area contributed by atoms with Crippen LogP contribution in [-0.2, 0) is 14.3 Å². The number of aliphatic hydroxyl groups is 1. The Labute approximate surface area is 136 Å². The maximum absolute atomic E-state index is 14.3. The van der Waals surface area contributed by atoms with Crippen LogP contribution in [0.25, 0.3) is 0 Å². The summed E-state index contributed by atoms with van der Waals surface area (Å²) in [4.78, 5) is 26.7. The second-order valence-electron chi connectivity index (χ2n) is 5.91. The lowest BCUT2D eigenvalue weighted by Crippen LogP contribution is -2.44. The first-order valence-electron chi connectivity index (χ1n) is 7.32. The number of esters is 1. The molecule has 1 fully saturated rings. The van der Waals surface area contributed by atoms with Gasteiger partial charge in [0.15, 0.2) is 6.10 Å². The zero-order valence-electron chi connectivity index (χ0n) is 13.3. The van der Waals surface area contributed by atoms with Crippen molar-refractivity contribution >= 4 is 11.8 Å². The minimum absolute atomic E-state index is 0.131. The molecule has 24 heavy (non-hydrogen) atoms. The molecular weight excluding hydrogens is 328 g/mol. The average molecular weight is 347 g/mol. The van der Waals surface area contributed by atoms with E-state index in [1.165, 1.54) is 6.92 Å². The van der Waals surface area contributed by atoms with Crippen molar-refractivity contribution < 1.29 is 28.2 Å². The second-order valence-corrected chi connectivity index (χ2v) is 5.91. The summed E-state index contributed by atoms with van der Waals surface area (Å²) < 4.78 is 39.4. The molecule has 2 heterocycles. The molecule has 1 aliphatic rings. The smallest absolute Gasteiger partial charge is 0.351 e. The van der Waals surface area contributed by atoms with Crippen LogP contribution in [0.1, 0.15) is 27.0 Å². The Morgan fingerprint density at radius 3 is 2.67 bits per heavy atom. The molecule has 0 radical (unpaired) electrons. The lowest BCUT2D eigenvalue weighted by Gasteiger charge is -2.23. The van der Waals surface area contributed by atoms with Gasteiger partial charge in [0.2, 0.25) is 6.23 Å². The standard InChI is InChI=1S/C14H19F2N3O5/c1-6(2)11(21)23-7(3)9-10(20)14(15,16)12(24-9)19-5-4-8(17)18-13(19)22/h4-7,9-10,12,20H,1-3H3,(H2,17,18,22)/t7?,9-,10-,12-/m1/s1. The van der Waals surface area contributed by atoms with Crippen LogP contribution in [0.2, 0.25) is 0 Å². The molecule has 0 bridgehead atoms. The number of carbonyl (C=O) groups is 1. The molecule has 0 aromatic carbocycles. The van der Waals surface area contributed by atoms with Gasteiger partial charge in [0.05, 0.1) is 5.92 Å². The predicted molar refractivity (Wildman–Crippen MR) is 78.2 cm³/mol. The molecule has 1 unspecified atom stereocenters. The van der Waals surface area contributed by atoms with Crippen LogP contribution in [-0.4, -0.2) is 44.9 Å². The summed E-state index contributed by atoms with van der Waals surface area (Å²) in [6.45, 7) is 4.49. The fraction of sp³-hybridized carbons (Fsp3) is 0.643. The van der Waals surface area contributed by atoms with E-state index in [-0.39, 0.29) is 5.82 Å². The number of aliphatic hydroxyl groups excluding tert-OH is 1. The van der Waals surface area contributed by atoms with E-state index in [0.717, 1.165) is 12.3 Å². The van der Waals surface area contributed by atoms with E-state index in [2.05, 4.69) is 4.98 Å². The lowest BCUT2D eigenvalue weighted by molar-refractivity contribution is -0.164. The van der Waals surface area contributed by atoms with Gasteiger partial charge in [-0.15, -0.1) is 0 Å². The fourth-order valence-electron chi connectivity index (χ4n) is 2.29. The third kappa shape index (κ3) is 3.24. The van der Waals surface area contributed by atoms with E-state index in [1.807, 2.05) is 0 Å². The summed E-state index contributed by atoms with van der Waals surface area (Å²) in [5, 5.41) is 9.89. The molecule has 3 N–H and O–H groups in total. The number of hydrogen-bond donors (Lipinski definition) is 2. The molecule has 1 aliphatic heterocycles. The maximum Gasteiger partial charge on any atom is 0.351 e. The van der Waals surface area contributed by atoms with Crippen molar-refractivity contribution in [2.45, 2.75) is 51.2 Å². The van der Waals surface area contributed by atoms with Crippen molar-refractivity contribution in [3.63, 3.8) is 0 Å². The van der Waals surface area contributed by atoms with Gasteiger partial charge >= 0.3 is 17.6 Å². The number of anilines is 1. The van der Waals surface area contributed by atoms with Crippen LogP contribution in [0.4, 0.5) is 14.6 Å². The topological polar surface area (TPSA) is 117 Å². The largest absolute Gasteiger partial charge is 0.460 e. The zero-order valence-corrected chi connectivity index (χ0v) is 13.3. The van der Waals surface area contributed by atoms with Gasteiger partial charge in [0.25, 0.3) is 0 Å². The first kappa shape index (κ1) is 18.3. The minimum atomic E-state index is -3.79. The van der Waals surface area contributed by atoms with Gasteiger partial charge in [-0.2, -0.15) is 13.8 Å². The Bertz CT molecular complexity index is 679. The number of carbonyl (C=O) groups excluding carboxylic acids is 1. The quantitative estimate of drug-likeness (QED) is 0.753. The first-order chi connectivity index (χ1) is 11.1. The monoisotopic (exact) mass is 347 g/mol. The van der Waals surface area contributed by atoms with Crippen molar-refractivity contribution in [3.05, 3.63) is 22.7 Å². The van der Waals surface area contributed by atoms with Crippen LogP contribution in [0.15, 0.2) is 17.1 Å². The molecule has 10 heteroatoms. The Morgan fingerprint density at radius 2 is 2.12 bits per heavy atom. The molecule has 1 saturated heterocycles. The average Bonchev–Trinajstić information content (AvgIpc) is 2.70. The van der Waals surface area contributed by atoms with E-state index < -0.39 is 48.0 Å². The van der Waals surface area contributed by atoms with E-state index in [1.54, 1.807) is 13.8 Å². The SMILES string of the molecule is CC(C)C(=O)OC(C)[C@H]1O[C@@H](n2ccc(N)nc2=O)C(F)(F)[C@@H]1O. The van der Waals surface area contributed by atoms with Crippen molar-refractivity contribution in [1.82, 2.24) is 9.55 Å². The Morgan fingerprint density at radius 1 is 1.50 bits per heavy atom. The van der Waals surface area contributed by atoms with E-state index in [9.17, 15) is 23.5 Å². The fourth-order valence-corrected chi connectivity index (χ4v) is 2.29. The molecule has 134 valence electrons. The van der Waals surface area contributed by atoms with Crippen LogP contribution < -0.4 is 11.4 Å². The number of nitrogens with zero attached hydrogens (tertiary/aromatic N) is 2. The number of hydrogen-bond acceptors (Lipinski definition) is 7. The second kappa shape index (κ2) is 6.44. The van der Waals surface area contributed by atoms with E-state index in [0.29, 0.717) is 4.57 Å². The molecule has 0 saturated carbocycles. The van der Waals surface area contributed by atoms with Crippen molar-refractivity contribution in [1.29, 1.82) is 0 Å². The number of halogens is 2. The summed E-state index contributed by atoms with van der Waals surface area (Å²) in [6, 6.07) is 1.16. The Hall–Kier alpha value is -2.07. The first-order valence-corrected chi connectivity index (χ1v) is 7.32. The highest BCUT2D eigenvalue weighted by Gasteiger charge is 2.61. The summed E-state index contributed by atoms with van der Waals surface area (Å²) >= 11 is 0. The van der Waals surface area contributed by atoms with Crippen LogP contribution >= 0.6 is 0 Å². The number of alkyl halides is 2. The molecular formula is C14H19F2N3O5. The number of ether oxygens (including phenoxy) is 2. The van der Waals surface area contributed by atoms with Crippen LogP contribution in [0, 0.1) is 5.92 Å². The highest BCUT2D eigenvalue weighted by molar-refractivity contribution is 5.71. The van der Waals surface area contributed by atoms with Crippen molar-refractivity contribution in [2.75, 3.05) is 5.73 Å². The van der Waals surface area contributed by atoms with Crippen molar-refractivity contribution in [3.8, 4) is 0 Å². The van der Waals surface area contributed by atoms with Gasteiger partial charge in [-0.05, 0) is 13.0 Å². The molecule has 2 rings (SSSR count). The predicted octanol–water partition coefficient (Wildman–Crippen LogP) is 0.307. The van der Waals surface area contributed by atoms with Crippen LogP contribution in [0.3, 0.4) is 0 Å². The number of rotatable bonds is 4. The minimum Gasteiger partial charge on any atom is -0.460 e. The molecule has 8 nitrogen and oxygen atoms in total. The molecule has 0 spiro atoms.